The first kappa shape index (κ1) is 12.4. The highest BCUT2D eigenvalue weighted by atomic mass is 19.1. The van der Waals surface area contributed by atoms with Crippen LogP contribution in [-0.2, 0) is 13.6 Å². The second kappa shape index (κ2) is 5.13. The molecule has 0 bridgehead atoms. The fraction of sp³-hybridized carbons (Fsp3) is 0.400. The fourth-order valence-electron chi connectivity index (χ4n) is 2.83. The van der Waals surface area contributed by atoms with Crippen LogP contribution < -0.4 is 0 Å². The van der Waals surface area contributed by atoms with Crippen molar-refractivity contribution in [3.63, 3.8) is 0 Å². The SMILES string of the molecule is Cn1cc([C@H]2CCCN2Cc2ccc(F)cc2)cn1. The Hall–Kier alpha value is -1.68. The minimum atomic E-state index is -0.172. The van der Waals surface area contributed by atoms with Crippen LogP contribution in [0.5, 0.6) is 0 Å². The Kier molecular flexibility index (Phi) is 3.34. The second-order valence-electron chi connectivity index (χ2n) is 5.20. The summed E-state index contributed by atoms with van der Waals surface area (Å²) in [6.45, 7) is 1.97. The zero-order valence-electron chi connectivity index (χ0n) is 11.1. The van der Waals surface area contributed by atoms with Crippen LogP contribution in [-0.4, -0.2) is 21.2 Å². The van der Waals surface area contributed by atoms with Crippen molar-refractivity contribution >= 4 is 0 Å². The Bertz CT molecular complexity index is 547. The van der Waals surface area contributed by atoms with Gasteiger partial charge in [-0.1, -0.05) is 12.1 Å². The average molecular weight is 259 g/mol. The van der Waals surface area contributed by atoms with E-state index in [1.54, 1.807) is 0 Å². The van der Waals surface area contributed by atoms with E-state index in [0.29, 0.717) is 6.04 Å². The van der Waals surface area contributed by atoms with Crippen molar-refractivity contribution in [2.24, 2.45) is 7.05 Å². The molecule has 0 aliphatic carbocycles. The zero-order chi connectivity index (χ0) is 13.2. The van der Waals surface area contributed by atoms with Crippen molar-refractivity contribution in [2.75, 3.05) is 6.54 Å². The number of aryl methyl sites for hydroxylation is 1. The summed E-state index contributed by atoms with van der Waals surface area (Å²) in [5.41, 5.74) is 2.44. The van der Waals surface area contributed by atoms with Gasteiger partial charge < -0.3 is 0 Å². The Labute approximate surface area is 112 Å². The predicted molar refractivity (Wildman–Crippen MR) is 72.0 cm³/mol. The molecule has 0 N–H and O–H groups in total. The summed E-state index contributed by atoms with van der Waals surface area (Å²) < 4.78 is 14.8. The molecule has 0 amide bonds. The van der Waals surface area contributed by atoms with E-state index in [0.717, 1.165) is 18.7 Å². The van der Waals surface area contributed by atoms with E-state index in [9.17, 15) is 4.39 Å². The molecular formula is C15H18FN3. The third kappa shape index (κ3) is 2.68. The van der Waals surface area contributed by atoms with Crippen LogP contribution in [0, 0.1) is 5.82 Å². The molecule has 0 saturated carbocycles. The highest BCUT2D eigenvalue weighted by Gasteiger charge is 2.26. The van der Waals surface area contributed by atoms with E-state index in [1.807, 2.05) is 30.1 Å². The highest BCUT2D eigenvalue weighted by molar-refractivity contribution is 5.18. The summed E-state index contributed by atoms with van der Waals surface area (Å²) in [6.07, 6.45) is 6.43. The number of likely N-dealkylation sites (tertiary alicyclic amines) is 1. The second-order valence-corrected chi connectivity index (χ2v) is 5.20. The average Bonchev–Trinajstić information content (AvgIpc) is 3.01. The number of nitrogens with zero attached hydrogens (tertiary/aromatic N) is 3. The van der Waals surface area contributed by atoms with Crippen LogP contribution >= 0.6 is 0 Å². The third-order valence-corrected chi connectivity index (χ3v) is 3.77. The van der Waals surface area contributed by atoms with Crippen LogP contribution in [0.4, 0.5) is 4.39 Å². The van der Waals surface area contributed by atoms with Gasteiger partial charge in [0, 0.05) is 31.4 Å². The van der Waals surface area contributed by atoms with Crippen LogP contribution in [0.1, 0.15) is 30.0 Å². The molecule has 19 heavy (non-hydrogen) atoms. The van der Waals surface area contributed by atoms with E-state index in [4.69, 9.17) is 0 Å². The van der Waals surface area contributed by atoms with Gasteiger partial charge in [-0.05, 0) is 37.1 Å². The molecule has 4 heteroatoms. The van der Waals surface area contributed by atoms with E-state index in [1.165, 1.54) is 30.5 Å². The maximum Gasteiger partial charge on any atom is 0.123 e. The van der Waals surface area contributed by atoms with Crippen LogP contribution in [0.2, 0.25) is 0 Å². The Morgan fingerprint density at radius 3 is 2.79 bits per heavy atom. The number of hydrogen-bond acceptors (Lipinski definition) is 2. The Morgan fingerprint density at radius 2 is 2.11 bits per heavy atom. The quantitative estimate of drug-likeness (QED) is 0.845. The van der Waals surface area contributed by atoms with Crippen molar-refractivity contribution in [2.45, 2.75) is 25.4 Å². The number of benzene rings is 1. The van der Waals surface area contributed by atoms with E-state index >= 15 is 0 Å². The van der Waals surface area contributed by atoms with Gasteiger partial charge in [0.2, 0.25) is 0 Å². The first-order valence-corrected chi connectivity index (χ1v) is 6.69. The molecule has 1 aliphatic heterocycles. The monoisotopic (exact) mass is 259 g/mol. The molecule has 1 aromatic heterocycles. The van der Waals surface area contributed by atoms with Gasteiger partial charge in [-0.15, -0.1) is 0 Å². The van der Waals surface area contributed by atoms with Gasteiger partial charge in [0.15, 0.2) is 0 Å². The molecule has 100 valence electrons. The largest absolute Gasteiger partial charge is 0.292 e. The summed E-state index contributed by atoms with van der Waals surface area (Å²) in [7, 11) is 1.95. The molecule has 1 fully saturated rings. The van der Waals surface area contributed by atoms with Crippen molar-refractivity contribution in [3.8, 4) is 0 Å². The third-order valence-electron chi connectivity index (χ3n) is 3.77. The van der Waals surface area contributed by atoms with Gasteiger partial charge >= 0.3 is 0 Å². The molecule has 3 nitrogen and oxygen atoms in total. The summed E-state index contributed by atoms with van der Waals surface area (Å²) >= 11 is 0. The lowest BCUT2D eigenvalue weighted by molar-refractivity contribution is 0.248. The number of rotatable bonds is 3. The molecule has 0 spiro atoms. The van der Waals surface area contributed by atoms with Gasteiger partial charge in [-0.3, -0.25) is 9.58 Å². The lowest BCUT2D eigenvalue weighted by Crippen LogP contribution is -2.22. The minimum absolute atomic E-state index is 0.172. The normalized spacial score (nSPS) is 20.0. The van der Waals surface area contributed by atoms with E-state index < -0.39 is 0 Å². The lowest BCUT2D eigenvalue weighted by Gasteiger charge is -2.23. The Morgan fingerprint density at radius 1 is 1.32 bits per heavy atom. The molecule has 0 radical (unpaired) electrons. The van der Waals surface area contributed by atoms with Gasteiger partial charge in [-0.25, -0.2) is 4.39 Å². The molecule has 1 aromatic carbocycles. The van der Waals surface area contributed by atoms with Crippen LogP contribution in [0.3, 0.4) is 0 Å². The zero-order valence-corrected chi connectivity index (χ0v) is 11.1. The van der Waals surface area contributed by atoms with E-state index in [2.05, 4.69) is 16.2 Å². The summed E-state index contributed by atoms with van der Waals surface area (Å²) in [6, 6.07) is 7.25. The van der Waals surface area contributed by atoms with Crippen molar-refractivity contribution in [1.29, 1.82) is 0 Å². The maximum absolute atomic E-state index is 12.9. The highest BCUT2D eigenvalue weighted by Crippen LogP contribution is 2.32. The van der Waals surface area contributed by atoms with Gasteiger partial charge in [0.1, 0.15) is 5.82 Å². The molecular weight excluding hydrogens is 241 g/mol. The van der Waals surface area contributed by atoms with Crippen molar-refractivity contribution in [1.82, 2.24) is 14.7 Å². The number of aromatic nitrogens is 2. The maximum atomic E-state index is 12.9. The molecule has 1 atom stereocenters. The topological polar surface area (TPSA) is 21.1 Å². The summed E-state index contributed by atoms with van der Waals surface area (Å²) in [5, 5.41) is 4.25. The summed E-state index contributed by atoms with van der Waals surface area (Å²) in [5.74, 6) is -0.172. The number of halogens is 1. The van der Waals surface area contributed by atoms with Crippen LogP contribution in [0.25, 0.3) is 0 Å². The van der Waals surface area contributed by atoms with Gasteiger partial charge in [0.05, 0.1) is 6.20 Å². The molecule has 3 rings (SSSR count). The Balaban J connectivity index is 1.74. The predicted octanol–water partition coefficient (Wildman–Crippen LogP) is 2.90. The summed E-state index contributed by atoms with van der Waals surface area (Å²) in [4.78, 5) is 2.45. The molecule has 2 heterocycles. The first-order chi connectivity index (χ1) is 9.22. The van der Waals surface area contributed by atoms with Gasteiger partial charge in [-0.2, -0.15) is 5.10 Å². The number of hydrogen-bond donors (Lipinski definition) is 0. The molecule has 2 aromatic rings. The molecule has 0 unspecified atom stereocenters. The molecule has 1 saturated heterocycles. The smallest absolute Gasteiger partial charge is 0.123 e. The van der Waals surface area contributed by atoms with Crippen molar-refractivity contribution < 1.29 is 4.39 Å². The van der Waals surface area contributed by atoms with Gasteiger partial charge in [0.25, 0.3) is 0 Å². The fourth-order valence-corrected chi connectivity index (χ4v) is 2.83. The molecule has 1 aliphatic rings. The van der Waals surface area contributed by atoms with E-state index in [-0.39, 0.29) is 5.82 Å². The van der Waals surface area contributed by atoms with Crippen LogP contribution in [0.15, 0.2) is 36.7 Å². The van der Waals surface area contributed by atoms with Crippen molar-refractivity contribution in [3.05, 3.63) is 53.6 Å². The first-order valence-electron chi connectivity index (χ1n) is 6.69. The minimum Gasteiger partial charge on any atom is -0.292 e. The lowest BCUT2D eigenvalue weighted by atomic mass is 10.1. The standard InChI is InChI=1S/C15H18FN3/c1-18-11-13(9-17-18)15-3-2-8-19(15)10-12-4-6-14(16)7-5-12/h4-7,9,11,15H,2-3,8,10H2,1H3/t15-/m1/s1.